The molecule has 0 aliphatic heterocycles. The minimum absolute atomic E-state index is 0.131. The number of nitrogens with one attached hydrogen (secondary N) is 1. The molecule has 4 nitrogen and oxygen atoms in total. The third-order valence-corrected chi connectivity index (χ3v) is 4.03. The number of aliphatic hydroxyl groups excluding tert-OH is 1. The molecule has 0 amide bonds. The van der Waals surface area contributed by atoms with Crippen LogP contribution in [0.25, 0.3) is 10.2 Å². The summed E-state index contributed by atoms with van der Waals surface area (Å²) < 4.78 is 0. The van der Waals surface area contributed by atoms with E-state index in [1.54, 1.807) is 11.3 Å². The molecule has 0 radical (unpaired) electrons. The summed E-state index contributed by atoms with van der Waals surface area (Å²) in [5, 5.41) is 15.8. The SMILES string of the molecule is CCc1nc(NC2(CO)CC2)c2ccsc2n1. The number of aliphatic hydroxyl groups is 1. The zero-order valence-electron chi connectivity index (χ0n) is 9.73. The molecular weight excluding hydrogens is 234 g/mol. The van der Waals surface area contributed by atoms with E-state index >= 15 is 0 Å². The van der Waals surface area contributed by atoms with E-state index < -0.39 is 0 Å². The van der Waals surface area contributed by atoms with E-state index in [-0.39, 0.29) is 12.1 Å². The Hall–Kier alpha value is -1.20. The molecule has 0 saturated heterocycles. The minimum Gasteiger partial charge on any atom is -0.394 e. The molecule has 90 valence electrons. The Bertz CT molecular complexity index is 548. The van der Waals surface area contributed by atoms with E-state index in [0.29, 0.717) is 0 Å². The first kappa shape index (κ1) is 10.9. The summed E-state index contributed by atoms with van der Waals surface area (Å²) in [5.74, 6) is 1.73. The molecule has 1 aliphatic carbocycles. The molecule has 0 unspecified atom stereocenters. The number of nitrogens with zero attached hydrogens (tertiary/aromatic N) is 2. The van der Waals surface area contributed by atoms with Gasteiger partial charge >= 0.3 is 0 Å². The molecule has 1 aliphatic rings. The molecule has 2 aromatic heterocycles. The number of hydrogen-bond acceptors (Lipinski definition) is 5. The second kappa shape index (κ2) is 3.92. The Morgan fingerprint density at radius 2 is 2.29 bits per heavy atom. The third kappa shape index (κ3) is 1.89. The molecule has 0 bridgehead atoms. The highest BCUT2D eigenvalue weighted by molar-refractivity contribution is 7.16. The van der Waals surface area contributed by atoms with Crippen LogP contribution in [0.15, 0.2) is 11.4 Å². The summed E-state index contributed by atoms with van der Waals surface area (Å²) in [5.41, 5.74) is -0.131. The van der Waals surface area contributed by atoms with Crippen molar-refractivity contribution < 1.29 is 5.11 Å². The normalized spacial score (nSPS) is 17.3. The monoisotopic (exact) mass is 249 g/mol. The van der Waals surface area contributed by atoms with Crippen LogP contribution in [0, 0.1) is 0 Å². The summed E-state index contributed by atoms with van der Waals surface area (Å²) >= 11 is 1.63. The predicted octanol–water partition coefficient (Wildman–Crippen LogP) is 2.19. The number of hydrogen-bond donors (Lipinski definition) is 2. The second-order valence-corrected chi connectivity index (χ2v) is 5.44. The zero-order valence-corrected chi connectivity index (χ0v) is 10.5. The van der Waals surface area contributed by atoms with Gasteiger partial charge in [0.05, 0.1) is 17.5 Å². The van der Waals surface area contributed by atoms with Crippen molar-refractivity contribution in [2.45, 2.75) is 31.7 Å². The average Bonchev–Trinajstić information content (AvgIpc) is 2.96. The van der Waals surface area contributed by atoms with Crippen LogP contribution in [0.4, 0.5) is 5.82 Å². The van der Waals surface area contributed by atoms with Crippen molar-refractivity contribution >= 4 is 27.4 Å². The Balaban J connectivity index is 2.04. The summed E-state index contributed by atoms with van der Waals surface area (Å²) in [7, 11) is 0. The van der Waals surface area contributed by atoms with Crippen LogP contribution in [0.1, 0.15) is 25.6 Å². The van der Waals surface area contributed by atoms with Crippen LogP contribution in [0.3, 0.4) is 0 Å². The van der Waals surface area contributed by atoms with Crippen molar-refractivity contribution in [2.75, 3.05) is 11.9 Å². The summed E-state index contributed by atoms with van der Waals surface area (Å²) in [4.78, 5) is 10.1. The van der Waals surface area contributed by atoms with E-state index in [0.717, 1.165) is 41.1 Å². The van der Waals surface area contributed by atoms with Crippen LogP contribution < -0.4 is 5.32 Å². The van der Waals surface area contributed by atoms with Crippen molar-refractivity contribution in [1.82, 2.24) is 9.97 Å². The van der Waals surface area contributed by atoms with Gasteiger partial charge in [0, 0.05) is 6.42 Å². The van der Waals surface area contributed by atoms with Gasteiger partial charge in [0.25, 0.3) is 0 Å². The standard InChI is InChI=1S/C12H15N3OS/c1-2-9-13-10(15-12(7-16)4-5-12)8-3-6-17-11(8)14-9/h3,6,16H,2,4-5,7H2,1H3,(H,13,14,15). The van der Waals surface area contributed by atoms with E-state index in [1.807, 2.05) is 11.4 Å². The molecule has 0 atom stereocenters. The van der Waals surface area contributed by atoms with Crippen molar-refractivity contribution in [3.8, 4) is 0 Å². The van der Waals surface area contributed by atoms with Crippen LogP contribution in [0.2, 0.25) is 0 Å². The van der Waals surface area contributed by atoms with Gasteiger partial charge in [0.15, 0.2) is 0 Å². The van der Waals surface area contributed by atoms with E-state index in [1.165, 1.54) is 0 Å². The summed E-state index contributed by atoms with van der Waals surface area (Å²) in [6.07, 6.45) is 2.86. The van der Waals surface area contributed by atoms with E-state index in [9.17, 15) is 5.11 Å². The van der Waals surface area contributed by atoms with Gasteiger partial charge in [-0.3, -0.25) is 0 Å². The average molecular weight is 249 g/mol. The molecule has 2 heterocycles. The Labute approximate surface area is 104 Å². The highest BCUT2D eigenvalue weighted by atomic mass is 32.1. The number of aromatic nitrogens is 2. The van der Waals surface area contributed by atoms with Crippen molar-refractivity contribution in [3.63, 3.8) is 0 Å². The first-order valence-corrected chi connectivity index (χ1v) is 6.77. The Morgan fingerprint density at radius 3 is 2.94 bits per heavy atom. The van der Waals surface area contributed by atoms with Crippen molar-refractivity contribution in [1.29, 1.82) is 0 Å². The lowest BCUT2D eigenvalue weighted by atomic mass is 10.2. The van der Waals surface area contributed by atoms with Crippen LogP contribution in [0.5, 0.6) is 0 Å². The summed E-state index contributed by atoms with van der Waals surface area (Å²) in [6, 6.07) is 2.04. The van der Waals surface area contributed by atoms with E-state index in [2.05, 4.69) is 22.2 Å². The second-order valence-electron chi connectivity index (χ2n) is 4.54. The van der Waals surface area contributed by atoms with Crippen LogP contribution in [-0.2, 0) is 6.42 Å². The van der Waals surface area contributed by atoms with Crippen LogP contribution in [-0.4, -0.2) is 27.2 Å². The number of anilines is 1. The highest BCUT2D eigenvalue weighted by Crippen LogP contribution is 2.39. The van der Waals surface area contributed by atoms with Gasteiger partial charge in [0.1, 0.15) is 16.5 Å². The van der Waals surface area contributed by atoms with Gasteiger partial charge in [-0.25, -0.2) is 9.97 Å². The number of thiophene rings is 1. The fraction of sp³-hybridized carbons (Fsp3) is 0.500. The van der Waals surface area contributed by atoms with Gasteiger partial charge in [-0.05, 0) is 24.3 Å². The number of rotatable bonds is 4. The molecule has 3 rings (SSSR count). The van der Waals surface area contributed by atoms with Gasteiger partial charge in [-0.2, -0.15) is 0 Å². The van der Waals surface area contributed by atoms with Crippen LogP contribution >= 0.6 is 11.3 Å². The van der Waals surface area contributed by atoms with Gasteiger partial charge in [0.2, 0.25) is 0 Å². The summed E-state index contributed by atoms with van der Waals surface area (Å²) in [6.45, 7) is 2.22. The van der Waals surface area contributed by atoms with Crippen molar-refractivity contribution in [2.24, 2.45) is 0 Å². The quantitative estimate of drug-likeness (QED) is 0.872. The fourth-order valence-corrected chi connectivity index (χ4v) is 2.66. The van der Waals surface area contributed by atoms with Crippen molar-refractivity contribution in [3.05, 3.63) is 17.3 Å². The molecule has 0 aromatic carbocycles. The Kier molecular flexibility index (Phi) is 2.52. The topological polar surface area (TPSA) is 58.0 Å². The van der Waals surface area contributed by atoms with E-state index in [4.69, 9.17) is 0 Å². The third-order valence-electron chi connectivity index (χ3n) is 3.23. The first-order valence-electron chi connectivity index (χ1n) is 5.89. The molecule has 5 heteroatoms. The molecule has 1 saturated carbocycles. The molecule has 17 heavy (non-hydrogen) atoms. The maximum Gasteiger partial charge on any atom is 0.139 e. The maximum atomic E-state index is 9.36. The molecule has 1 fully saturated rings. The molecule has 2 aromatic rings. The molecule has 0 spiro atoms. The number of aryl methyl sites for hydroxylation is 1. The molecule has 2 N–H and O–H groups in total. The zero-order chi connectivity index (χ0) is 11.9. The largest absolute Gasteiger partial charge is 0.394 e. The first-order chi connectivity index (χ1) is 8.26. The minimum atomic E-state index is -0.131. The number of fused-ring (bicyclic) bond motifs is 1. The lowest BCUT2D eigenvalue weighted by molar-refractivity contribution is 0.266. The van der Waals surface area contributed by atoms with Gasteiger partial charge in [-0.1, -0.05) is 6.92 Å². The smallest absolute Gasteiger partial charge is 0.139 e. The fourth-order valence-electron chi connectivity index (χ4n) is 1.88. The highest BCUT2D eigenvalue weighted by Gasteiger charge is 2.42. The maximum absolute atomic E-state index is 9.36. The predicted molar refractivity (Wildman–Crippen MR) is 69.5 cm³/mol. The van der Waals surface area contributed by atoms with Gasteiger partial charge in [-0.15, -0.1) is 11.3 Å². The van der Waals surface area contributed by atoms with Gasteiger partial charge < -0.3 is 10.4 Å². The Morgan fingerprint density at radius 1 is 1.47 bits per heavy atom. The lowest BCUT2D eigenvalue weighted by Gasteiger charge is -2.16. The lowest BCUT2D eigenvalue weighted by Crippen LogP contribution is -2.26. The molecular formula is C12H15N3OS.